The molecule has 0 amide bonds. The minimum absolute atomic E-state index is 0.210. The summed E-state index contributed by atoms with van der Waals surface area (Å²) in [6, 6.07) is 19.5. The number of nitrogens with two attached hydrogens (primary N) is 1. The van der Waals surface area contributed by atoms with Gasteiger partial charge in [-0.15, -0.1) is 0 Å². The summed E-state index contributed by atoms with van der Waals surface area (Å²) in [6.45, 7) is 4.20. The maximum Gasteiger partial charge on any atom is 0.0485 e. The monoisotopic (exact) mass is 254 g/mol. The van der Waals surface area contributed by atoms with Gasteiger partial charge < -0.3 is 11.1 Å². The summed E-state index contributed by atoms with van der Waals surface area (Å²) >= 11 is 0. The van der Waals surface area contributed by atoms with Gasteiger partial charge in [0.2, 0.25) is 0 Å². The highest BCUT2D eigenvalue weighted by Crippen LogP contribution is 2.19. The van der Waals surface area contributed by atoms with Gasteiger partial charge in [-0.2, -0.15) is 0 Å². The molecule has 0 bridgehead atoms. The van der Waals surface area contributed by atoms with Crippen molar-refractivity contribution in [3.63, 3.8) is 0 Å². The Morgan fingerprint density at radius 2 is 1.58 bits per heavy atom. The van der Waals surface area contributed by atoms with E-state index in [1.807, 2.05) is 13.0 Å². The average Bonchev–Trinajstić information content (AvgIpc) is 2.41. The normalized spacial score (nSPS) is 13.8. The summed E-state index contributed by atoms with van der Waals surface area (Å²) in [6.07, 6.45) is 0.925. The predicted octanol–water partition coefficient (Wildman–Crippen LogP) is 3.75. The van der Waals surface area contributed by atoms with E-state index in [-0.39, 0.29) is 6.04 Å². The first-order chi connectivity index (χ1) is 9.15. The van der Waals surface area contributed by atoms with Gasteiger partial charge in [-0.3, -0.25) is 0 Å². The van der Waals surface area contributed by atoms with Gasteiger partial charge in [0.05, 0.1) is 0 Å². The molecular weight excluding hydrogens is 232 g/mol. The molecule has 0 aliphatic rings. The van der Waals surface area contributed by atoms with Crippen molar-refractivity contribution in [2.24, 2.45) is 5.73 Å². The second-order valence-electron chi connectivity index (χ2n) is 5.16. The van der Waals surface area contributed by atoms with Gasteiger partial charge >= 0.3 is 0 Å². The highest BCUT2D eigenvalue weighted by molar-refractivity contribution is 5.46. The lowest BCUT2D eigenvalue weighted by atomic mass is 10.1. The molecule has 19 heavy (non-hydrogen) atoms. The summed E-state index contributed by atoms with van der Waals surface area (Å²) in [5.41, 5.74) is 9.53. The van der Waals surface area contributed by atoms with Gasteiger partial charge in [-0.05, 0) is 43.5 Å². The lowest BCUT2D eigenvalue weighted by molar-refractivity contribution is 0.738. The first-order valence-electron chi connectivity index (χ1n) is 6.81. The molecule has 3 N–H and O–H groups in total. The first-order valence-corrected chi connectivity index (χ1v) is 6.81. The summed E-state index contributed by atoms with van der Waals surface area (Å²) in [4.78, 5) is 0. The van der Waals surface area contributed by atoms with E-state index in [4.69, 9.17) is 5.73 Å². The minimum Gasteiger partial charge on any atom is -0.379 e. The van der Waals surface area contributed by atoms with Gasteiger partial charge in [0.1, 0.15) is 0 Å². The van der Waals surface area contributed by atoms with E-state index in [0.29, 0.717) is 6.04 Å². The maximum absolute atomic E-state index is 5.80. The standard InChI is InChI=1S/C17H22N2/c1-13(18)12-15-8-10-17(11-9-15)19-14(2)16-6-4-3-5-7-16/h3-11,13-14,19H,12,18H2,1-2H3/t13-,14?/m1/s1. The van der Waals surface area contributed by atoms with Crippen molar-refractivity contribution in [1.82, 2.24) is 0 Å². The van der Waals surface area contributed by atoms with Crippen molar-refractivity contribution in [2.75, 3.05) is 5.32 Å². The zero-order chi connectivity index (χ0) is 13.7. The lowest BCUT2D eigenvalue weighted by Gasteiger charge is -2.16. The number of hydrogen-bond acceptors (Lipinski definition) is 2. The van der Waals surface area contributed by atoms with E-state index in [1.54, 1.807) is 0 Å². The van der Waals surface area contributed by atoms with E-state index >= 15 is 0 Å². The molecule has 0 heterocycles. The van der Waals surface area contributed by atoms with Crippen LogP contribution in [0.3, 0.4) is 0 Å². The van der Waals surface area contributed by atoms with Crippen molar-refractivity contribution >= 4 is 5.69 Å². The van der Waals surface area contributed by atoms with Crippen LogP contribution in [0.25, 0.3) is 0 Å². The molecule has 2 aromatic carbocycles. The largest absolute Gasteiger partial charge is 0.379 e. The topological polar surface area (TPSA) is 38.0 Å². The molecule has 2 atom stereocenters. The van der Waals surface area contributed by atoms with Crippen LogP contribution in [0.4, 0.5) is 5.69 Å². The quantitative estimate of drug-likeness (QED) is 0.852. The zero-order valence-electron chi connectivity index (χ0n) is 11.6. The number of nitrogens with one attached hydrogen (secondary N) is 1. The van der Waals surface area contributed by atoms with Gasteiger partial charge in [0, 0.05) is 17.8 Å². The molecule has 0 saturated carbocycles. The molecule has 0 saturated heterocycles. The Labute approximate surface area is 115 Å². The van der Waals surface area contributed by atoms with Crippen LogP contribution in [0, 0.1) is 0 Å². The molecule has 2 rings (SSSR count). The van der Waals surface area contributed by atoms with E-state index in [0.717, 1.165) is 12.1 Å². The smallest absolute Gasteiger partial charge is 0.0485 e. The molecule has 0 aliphatic carbocycles. The third-order valence-electron chi connectivity index (χ3n) is 3.19. The van der Waals surface area contributed by atoms with Crippen molar-refractivity contribution in [3.05, 3.63) is 65.7 Å². The molecule has 100 valence electrons. The molecule has 0 radical (unpaired) electrons. The highest BCUT2D eigenvalue weighted by atomic mass is 14.9. The molecule has 2 nitrogen and oxygen atoms in total. The van der Waals surface area contributed by atoms with Crippen molar-refractivity contribution in [3.8, 4) is 0 Å². The van der Waals surface area contributed by atoms with Crippen LogP contribution in [0.5, 0.6) is 0 Å². The van der Waals surface area contributed by atoms with E-state index in [9.17, 15) is 0 Å². The maximum atomic E-state index is 5.80. The third kappa shape index (κ3) is 4.11. The van der Waals surface area contributed by atoms with E-state index < -0.39 is 0 Å². The molecule has 1 unspecified atom stereocenters. The predicted molar refractivity (Wildman–Crippen MR) is 82.3 cm³/mol. The van der Waals surface area contributed by atoms with Crippen LogP contribution in [-0.2, 0) is 6.42 Å². The number of benzene rings is 2. The SMILES string of the molecule is CC(Nc1ccc(C[C@@H](C)N)cc1)c1ccccc1. The fourth-order valence-corrected chi connectivity index (χ4v) is 2.18. The molecule has 0 spiro atoms. The Balaban J connectivity index is 1.99. The van der Waals surface area contributed by atoms with Gasteiger partial charge in [0.15, 0.2) is 0 Å². The molecule has 0 fully saturated rings. The second kappa shape index (κ2) is 6.39. The Bertz CT molecular complexity index is 488. The Hall–Kier alpha value is -1.80. The van der Waals surface area contributed by atoms with Gasteiger partial charge in [-0.25, -0.2) is 0 Å². The number of hydrogen-bond donors (Lipinski definition) is 2. The van der Waals surface area contributed by atoms with Crippen LogP contribution >= 0.6 is 0 Å². The van der Waals surface area contributed by atoms with E-state index in [1.165, 1.54) is 11.1 Å². The van der Waals surface area contributed by atoms with Crippen LogP contribution in [0.1, 0.15) is 31.0 Å². The Kier molecular flexibility index (Phi) is 4.58. The van der Waals surface area contributed by atoms with Crippen molar-refractivity contribution in [2.45, 2.75) is 32.4 Å². The van der Waals surface area contributed by atoms with E-state index in [2.05, 4.69) is 60.8 Å². The highest BCUT2D eigenvalue weighted by Gasteiger charge is 2.04. The van der Waals surface area contributed by atoms with Crippen molar-refractivity contribution < 1.29 is 0 Å². The lowest BCUT2D eigenvalue weighted by Crippen LogP contribution is -2.17. The summed E-state index contributed by atoms with van der Waals surface area (Å²) in [7, 11) is 0. The molecular formula is C17H22N2. The van der Waals surface area contributed by atoms with Crippen LogP contribution < -0.4 is 11.1 Å². The summed E-state index contributed by atoms with van der Waals surface area (Å²) < 4.78 is 0. The minimum atomic E-state index is 0.210. The fraction of sp³-hybridized carbons (Fsp3) is 0.294. The fourth-order valence-electron chi connectivity index (χ4n) is 2.18. The van der Waals surface area contributed by atoms with Crippen LogP contribution in [0.2, 0.25) is 0 Å². The second-order valence-corrected chi connectivity index (χ2v) is 5.16. The average molecular weight is 254 g/mol. The zero-order valence-corrected chi connectivity index (χ0v) is 11.6. The molecule has 2 heteroatoms. The molecule has 0 aliphatic heterocycles. The van der Waals surface area contributed by atoms with Crippen molar-refractivity contribution in [1.29, 1.82) is 0 Å². The Morgan fingerprint density at radius 3 is 2.16 bits per heavy atom. The van der Waals surface area contributed by atoms with Crippen LogP contribution in [-0.4, -0.2) is 6.04 Å². The molecule has 2 aromatic rings. The first kappa shape index (κ1) is 13.6. The van der Waals surface area contributed by atoms with Gasteiger partial charge in [0.25, 0.3) is 0 Å². The Morgan fingerprint density at radius 1 is 0.947 bits per heavy atom. The third-order valence-corrected chi connectivity index (χ3v) is 3.19. The van der Waals surface area contributed by atoms with Gasteiger partial charge in [-0.1, -0.05) is 42.5 Å². The van der Waals surface area contributed by atoms with Crippen LogP contribution in [0.15, 0.2) is 54.6 Å². The summed E-state index contributed by atoms with van der Waals surface area (Å²) in [5.74, 6) is 0. The number of rotatable bonds is 5. The number of anilines is 1. The summed E-state index contributed by atoms with van der Waals surface area (Å²) in [5, 5.41) is 3.51. The molecule has 0 aromatic heterocycles.